The maximum absolute atomic E-state index is 9.10. The highest BCUT2D eigenvalue weighted by molar-refractivity contribution is 7.09. The molecule has 0 spiro atoms. The van der Waals surface area contributed by atoms with Crippen molar-refractivity contribution in [3.8, 4) is 11.5 Å². The van der Waals surface area contributed by atoms with Crippen LogP contribution < -0.4 is 9.47 Å². The number of aliphatic carboxylic acids is 2. The summed E-state index contributed by atoms with van der Waals surface area (Å²) in [7, 11) is 0. The highest BCUT2D eigenvalue weighted by Crippen LogP contribution is 2.32. The SMILES string of the molecule is O=C(O)C(=O)O.c1csc(CN2CCN(Cc3ccc4c(c3)OCO4)CC2)c1. The summed E-state index contributed by atoms with van der Waals surface area (Å²) in [5, 5.41) is 16.9. The van der Waals surface area contributed by atoms with Crippen molar-refractivity contribution in [3.05, 3.63) is 46.2 Å². The van der Waals surface area contributed by atoms with E-state index in [-0.39, 0.29) is 0 Å². The Balaban J connectivity index is 0.000000330. The molecule has 0 aliphatic carbocycles. The van der Waals surface area contributed by atoms with Gasteiger partial charge >= 0.3 is 11.9 Å². The van der Waals surface area contributed by atoms with Crippen LogP contribution in [0.3, 0.4) is 0 Å². The van der Waals surface area contributed by atoms with Gasteiger partial charge in [-0.05, 0) is 29.1 Å². The van der Waals surface area contributed by atoms with Crippen LogP contribution in [-0.4, -0.2) is 64.9 Å². The highest BCUT2D eigenvalue weighted by Gasteiger charge is 2.19. The molecule has 0 unspecified atom stereocenters. The summed E-state index contributed by atoms with van der Waals surface area (Å²) < 4.78 is 10.8. The second-order valence-corrected chi connectivity index (χ2v) is 7.46. The summed E-state index contributed by atoms with van der Waals surface area (Å²) in [6, 6.07) is 10.6. The van der Waals surface area contributed by atoms with Gasteiger partial charge in [0, 0.05) is 44.1 Å². The Kier molecular flexibility index (Phi) is 6.85. The first-order valence-corrected chi connectivity index (χ1v) is 9.71. The number of thiophene rings is 1. The van der Waals surface area contributed by atoms with Gasteiger partial charge in [0.2, 0.25) is 6.79 Å². The number of hydrogen-bond donors (Lipinski definition) is 2. The lowest BCUT2D eigenvalue weighted by Gasteiger charge is -2.34. The Morgan fingerprint density at radius 3 is 2.18 bits per heavy atom. The summed E-state index contributed by atoms with van der Waals surface area (Å²) in [6.45, 7) is 6.96. The Bertz CT molecular complexity index is 791. The maximum atomic E-state index is 9.10. The number of hydrogen-bond acceptors (Lipinski definition) is 7. The van der Waals surface area contributed by atoms with Gasteiger partial charge in [-0.2, -0.15) is 0 Å². The van der Waals surface area contributed by atoms with Crippen LogP contribution in [0.15, 0.2) is 35.7 Å². The third-order valence-electron chi connectivity index (χ3n) is 4.45. The lowest BCUT2D eigenvalue weighted by molar-refractivity contribution is -0.159. The predicted octanol–water partition coefficient (Wildman–Crippen LogP) is 1.95. The minimum atomic E-state index is -1.82. The number of carbonyl (C=O) groups is 2. The maximum Gasteiger partial charge on any atom is 0.414 e. The molecule has 2 N–H and O–H groups in total. The minimum Gasteiger partial charge on any atom is -0.473 e. The van der Waals surface area contributed by atoms with Crippen LogP contribution in [-0.2, 0) is 22.7 Å². The average Bonchev–Trinajstić information content (AvgIpc) is 3.35. The molecule has 8 nitrogen and oxygen atoms in total. The molecule has 28 heavy (non-hydrogen) atoms. The summed E-state index contributed by atoms with van der Waals surface area (Å²) >= 11 is 1.85. The van der Waals surface area contributed by atoms with Crippen molar-refractivity contribution >= 4 is 23.3 Å². The van der Waals surface area contributed by atoms with Gasteiger partial charge in [-0.3, -0.25) is 9.80 Å². The molecule has 0 saturated carbocycles. The van der Waals surface area contributed by atoms with Gasteiger partial charge in [0.25, 0.3) is 0 Å². The van der Waals surface area contributed by atoms with Gasteiger partial charge in [-0.25, -0.2) is 9.59 Å². The van der Waals surface area contributed by atoms with Crippen molar-refractivity contribution in [2.75, 3.05) is 33.0 Å². The second-order valence-electron chi connectivity index (χ2n) is 6.43. The molecule has 1 saturated heterocycles. The third kappa shape index (κ3) is 5.69. The standard InChI is InChI=1S/C17H20N2O2S.C2H2O4/c1-2-15(22-9-1)12-19-7-5-18(6-8-19)11-14-3-4-16-17(10-14)21-13-20-16;3-1(4)2(5)6/h1-4,9-10H,5-8,11-13H2;(H,3,4)(H,5,6). The van der Waals surface area contributed by atoms with Crippen LogP contribution in [0.4, 0.5) is 0 Å². The van der Waals surface area contributed by atoms with Crippen molar-refractivity contribution in [1.29, 1.82) is 0 Å². The Morgan fingerprint density at radius 1 is 0.929 bits per heavy atom. The topological polar surface area (TPSA) is 99.5 Å². The zero-order valence-corrected chi connectivity index (χ0v) is 16.1. The number of nitrogens with zero attached hydrogens (tertiary/aromatic N) is 2. The predicted molar refractivity (Wildman–Crippen MR) is 103 cm³/mol. The van der Waals surface area contributed by atoms with E-state index in [1.165, 1.54) is 10.4 Å². The molecular weight excluding hydrogens is 384 g/mol. The second kappa shape index (κ2) is 9.54. The van der Waals surface area contributed by atoms with Crippen LogP contribution in [0.5, 0.6) is 11.5 Å². The van der Waals surface area contributed by atoms with Crippen molar-refractivity contribution in [2.45, 2.75) is 13.1 Å². The molecule has 3 heterocycles. The molecular formula is C19H22N2O6S. The summed E-state index contributed by atoms with van der Waals surface area (Å²) in [5.41, 5.74) is 1.30. The van der Waals surface area contributed by atoms with Crippen LogP contribution in [0, 0.1) is 0 Å². The van der Waals surface area contributed by atoms with E-state index < -0.39 is 11.9 Å². The summed E-state index contributed by atoms with van der Waals surface area (Å²) in [6.07, 6.45) is 0. The van der Waals surface area contributed by atoms with E-state index >= 15 is 0 Å². The molecule has 2 aliphatic heterocycles. The average molecular weight is 406 g/mol. The van der Waals surface area contributed by atoms with E-state index in [4.69, 9.17) is 29.3 Å². The number of piperazine rings is 1. The third-order valence-corrected chi connectivity index (χ3v) is 5.31. The van der Waals surface area contributed by atoms with Crippen molar-refractivity contribution in [1.82, 2.24) is 9.80 Å². The number of carboxylic acids is 2. The number of ether oxygens (including phenoxy) is 2. The molecule has 0 bridgehead atoms. The first-order chi connectivity index (χ1) is 13.5. The Hall–Kier alpha value is -2.62. The van der Waals surface area contributed by atoms with Gasteiger partial charge < -0.3 is 19.7 Å². The van der Waals surface area contributed by atoms with Gasteiger partial charge in [0.15, 0.2) is 11.5 Å². The fraction of sp³-hybridized carbons (Fsp3) is 0.368. The van der Waals surface area contributed by atoms with Gasteiger partial charge in [-0.1, -0.05) is 12.1 Å². The normalized spacial score (nSPS) is 16.3. The van der Waals surface area contributed by atoms with Gasteiger partial charge in [0.05, 0.1) is 0 Å². The first kappa shape index (κ1) is 20.1. The molecule has 1 aromatic heterocycles. The van der Waals surface area contributed by atoms with Crippen molar-refractivity contribution in [3.63, 3.8) is 0 Å². The van der Waals surface area contributed by atoms with Crippen LogP contribution in [0.25, 0.3) is 0 Å². The fourth-order valence-electron chi connectivity index (χ4n) is 3.03. The largest absolute Gasteiger partial charge is 0.473 e. The molecule has 0 atom stereocenters. The first-order valence-electron chi connectivity index (χ1n) is 8.83. The zero-order chi connectivity index (χ0) is 19.9. The molecule has 2 aromatic rings. The van der Waals surface area contributed by atoms with Crippen LogP contribution in [0.2, 0.25) is 0 Å². The Morgan fingerprint density at radius 2 is 1.57 bits per heavy atom. The minimum absolute atomic E-state index is 0.347. The van der Waals surface area contributed by atoms with E-state index in [1.807, 2.05) is 17.4 Å². The monoisotopic (exact) mass is 406 g/mol. The highest BCUT2D eigenvalue weighted by atomic mass is 32.1. The van der Waals surface area contributed by atoms with E-state index in [0.29, 0.717) is 6.79 Å². The van der Waals surface area contributed by atoms with E-state index in [9.17, 15) is 0 Å². The molecule has 0 amide bonds. The summed E-state index contributed by atoms with van der Waals surface area (Å²) in [5.74, 6) is -1.90. The van der Waals surface area contributed by atoms with E-state index in [2.05, 4.69) is 39.4 Å². The van der Waals surface area contributed by atoms with Crippen molar-refractivity contribution < 1.29 is 29.3 Å². The van der Waals surface area contributed by atoms with Gasteiger partial charge in [0.1, 0.15) is 0 Å². The van der Waals surface area contributed by atoms with Crippen LogP contribution >= 0.6 is 11.3 Å². The quantitative estimate of drug-likeness (QED) is 0.744. The smallest absolute Gasteiger partial charge is 0.414 e. The van der Waals surface area contributed by atoms with E-state index in [0.717, 1.165) is 50.8 Å². The fourth-order valence-corrected chi connectivity index (χ4v) is 3.77. The van der Waals surface area contributed by atoms with Crippen molar-refractivity contribution in [2.24, 2.45) is 0 Å². The number of benzene rings is 1. The lowest BCUT2D eigenvalue weighted by Crippen LogP contribution is -2.45. The number of fused-ring (bicyclic) bond motifs is 1. The van der Waals surface area contributed by atoms with Crippen LogP contribution in [0.1, 0.15) is 10.4 Å². The molecule has 150 valence electrons. The Labute approximate surface area is 166 Å². The molecule has 1 aromatic carbocycles. The molecule has 9 heteroatoms. The molecule has 2 aliphatic rings. The zero-order valence-electron chi connectivity index (χ0n) is 15.2. The molecule has 0 radical (unpaired) electrons. The lowest BCUT2D eigenvalue weighted by atomic mass is 10.1. The summed E-state index contributed by atoms with van der Waals surface area (Å²) in [4.78, 5) is 24.7. The number of rotatable bonds is 4. The van der Waals surface area contributed by atoms with E-state index in [1.54, 1.807) is 0 Å². The molecule has 4 rings (SSSR count). The van der Waals surface area contributed by atoms with Gasteiger partial charge in [-0.15, -0.1) is 11.3 Å². The number of carboxylic acid groups (broad SMARTS) is 2. The molecule has 1 fully saturated rings.